The predicted molar refractivity (Wildman–Crippen MR) is 68.0 cm³/mol. The minimum atomic E-state index is -0.378. The lowest BCUT2D eigenvalue weighted by atomic mass is 10.0. The molecule has 1 aromatic carbocycles. The van der Waals surface area contributed by atoms with Gasteiger partial charge in [-0.25, -0.2) is 4.98 Å². The molecule has 1 N–H and O–H groups in total. The summed E-state index contributed by atoms with van der Waals surface area (Å²) < 4.78 is 2.01. The van der Waals surface area contributed by atoms with Gasteiger partial charge in [0.05, 0.1) is 17.7 Å². The van der Waals surface area contributed by atoms with Crippen LogP contribution in [0.5, 0.6) is 0 Å². The zero-order valence-corrected chi connectivity index (χ0v) is 10.4. The van der Waals surface area contributed by atoms with Gasteiger partial charge < -0.3 is 9.67 Å². The van der Waals surface area contributed by atoms with Gasteiger partial charge in [-0.3, -0.25) is 0 Å². The lowest BCUT2D eigenvalue weighted by Gasteiger charge is -2.14. The molecule has 0 aliphatic carbocycles. The van der Waals surface area contributed by atoms with Crippen molar-refractivity contribution in [1.82, 2.24) is 9.55 Å². The summed E-state index contributed by atoms with van der Waals surface area (Å²) in [7, 11) is 0. The van der Waals surface area contributed by atoms with E-state index in [1.54, 1.807) is 24.3 Å². The molecular formula is C13H14N2OS. The molecule has 0 saturated carbocycles. The zero-order valence-electron chi connectivity index (χ0n) is 9.58. The molecule has 0 saturated heterocycles. The first-order valence-corrected chi connectivity index (χ1v) is 6.53. The van der Waals surface area contributed by atoms with Crippen LogP contribution in [-0.4, -0.2) is 19.9 Å². The summed E-state index contributed by atoms with van der Waals surface area (Å²) in [5.74, 6) is 0. The molecule has 1 aliphatic heterocycles. The largest absolute Gasteiger partial charge is 0.387 e. The second-order valence-corrected chi connectivity index (χ2v) is 5.68. The standard InChI is InChI=1S/C13H14N2OS/c1-9-2-3-11-10(6-9)13(16)12(17-11)7-15-5-4-14-8-15/h2-6,8,12-13,16H,7H2,1H3. The van der Waals surface area contributed by atoms with Crippen molar-refractivity contribution in [3.63, 3.8) is 0 Å². The first-order chi connectivity index (χ1) is 8.24. The molecule has 0 bridgehead atoms. The van der Waals surface area contributed by atoms with Gasteiger partial charge in [-0.2, -0.15) is 0 Å². The van der Waals surface area contributed by atoms with Crippen molar-refractivity contribution in [2.45, 2.75) is 29.7 Å². The number of hydrogen-bond acceptors (Lipinski definition) is 3. The van der Waals surface area contributed by atoms with Crippen molar-refractivity contribution < 1.29 is 5.11 Å². The Labute approximate surface area is 104 Å². The molecular weight excluding hydrogens is 232 g/mol. The Morgan fingerprint density at radius 1 is 1.47 bits per heavy atom. The zero-order chi connectivity index (χ0) is 11.8. The van der Waals surface area contributed by atoms with Gasteiger partial charge in [0.1, 0.15) is 0 Å². The summed E-state index contributed by atoms with van der Waals surface area (Å²) in [6.45, 7) is 2.85. The van der Waals surface area contributed by atoms with Crippen LogP contribution >= 0.6 is 11.8 Å². The molecule has 2 aromatic rings. The van der Waals surface area contributed by atoms with Gasteiger partial charge in [-0.1, -0.05) is 17.7 Å². The third-order valence-corrected chi connectivity index (χ3v) is 4.40. The minimum Gasteiger partial charge on any atom is -0.387 e. The summed E-state index contributed by atoms with van der Waals surface area (Å²) in [5, 5.41) is 10.5. The van der Waals surface area contributed by atoms with Crippen molar-refractivity contribution in [3.05, 3.63) is 48.0 Å². The summed E-state index contributed by atoms with van der Waals surface area (Å²) >= 11 is 1.75. The third-order valence-electron chi connectivity index (χ3n) is 3.06. The van der Waals surface area contributed by atoms with E-state index in [4.69, 9.17) is 0 Å². The molecule has 0 spiro atoms. The van der Waals surface area contributed by atoms with Crippen LogP contribution in [0.2, 0.25) is 0 Å². The molecule has 3 rings (SSSR count). The van der Waals surface area contributed by atoms with E-state index in [-0.39, 0.29) is 11.4 Å². The molecule has 3 nitrogen and oxygen atoms in total. The summed E-state index contributed by atoms with van der Waals surface area (Å²) in [6, 6.07) is 6.28. The van der Waals surface area contributed by atoms with Crippen LogP contribution in [0.4, 0.5) is 0 Å². The lowest BCUT2D eigenvalue weighted by Crippen LogP contribution is -2.16. The highest BCUT2D eigenvalue weighted by Gasteiger charge is 2.31. The molecule has 1 aromatic heterocycles. The van der Waals surface area contributed by atoms with Crippen LogP contribution in [0.15, 0.2) is 41.8 Å². The fourth-order valence-electron chi connectivity index (χ4n) is 2.17. The number of aliphatic hydroxyl groups excluding tert-OH is 1. The molecule has 0 amide bonds. The highest BCUT2D eigenvalue weighted by molar-refractivity contribution is 8.00. The van der Waals surface area contributed by atoms with Crippen LogP contribution in [0.25, 0.3) is 0 Å². The number of fused-ring (bicyclic) bond motifs is 1. The smallest absolute Gasteiger partial charge is 0.0946 e. The molecule has 0 radical (unpaired) electrons. The highest BCUT2D eigenvalue weighted by atomic mass is 32.2. The Balaban J connectivity index is 1.84. The second-order valence-electron chi connectivity index (χ2n) is 4.40. The normalized spacial score (nSPS) is 22.7. The third kappa shape index (κ3) is 1.98. The number of benzene rings is 1. The molecule has 88 valence electrons. The number of nitrogens with zero attached hydrogens (tertiary/aromatic N) is 2. The quantitative estimate of drug-likeness (QED) is 0.884. The summed E-state index contributed by atoms with van der Waals surface area (Å²) in [5.41, 5.74) is 2.27. The number of rotatable bonds is 2. The molecule has 1 aliphatic rings. The van der Waals surface area contributed by atoms with E-state index in [0.29, 0.717) is 0 Å². The Morgan fingerprint density at radius 3 is 3.12 bits per heavy atom. The average Bonchev–Trinajstić information content (AvgIpc) is 2.91. The SMILES string of the molecule is Cc1ccc2c(c1)C(O)C(Cn1ccnc1)S2. The topological polar surface area (TPSA) is 38.0 Å². The van der Waals surface area contributed by atoms with Crippen LogP contribution < -0.4 is 0 Å². The number of imidazole rings is 1. The molecule has 2 atom stereocenters. The van der Waals surface area contributed by atoms with Crippen LogP contribution in [-0.2, 0) is 6.54 Å². The highest BCUT2D eigenvalue weighted by Crippen LogP contribution is 2.44. The fourth-order valence-corrected chi connectivity index (χ4v) is 3.48. The maximum absolute atomic E-state index is 10.3. The van der Waals surface area contributed by atoms with Crippen molar-refractivity contribution in [2.75, 3.05) is 0 Å². The van der Waals surface area contributed by atoms with Crippen molar-refractivity contribution in [3.8, 4) is 0 Å². The Morgan fingerprint density at radius 2 is 2.35 bits per heavy atom. The predicted octanol–water partition coefficient (Wildman–Crippen LogP) is 2.40. The van der Waals surface area contributed by atoms with Gasteiger partial charge in [-0.15, -0.1) is 11.8 Å². The molecule has 17 heavy (non-hydrogen) atoms. The first kappa shape index (κ1) is 10.9. The van der Waals surface area contributed by atoms with E-state index in [1.807, 2.05) is 10.8 Å². The number of aliphatic hydroxyl groups is 1. The summed E-state index contributed by atoms with van der Waals surface area (Å²) in [6.07, 6.45) is 5.11. The van der Waals surface area contributed by atoms with Crippen molar-refractivity contribution in [2.24, 2.45) is 0 Å². The number of hydrogen-bond donors (Lipinski definition) is 1. The Kier molecular flexibility index (Phi) is 2.68. The van der Waals surface area contributed by atoms with E-state index >= 15 is 0 Å². The van der Waals surface area contributed by atoms with Gasteiger partial charge in [0, 0.05) is 23.8 Å². The van der Waals surface area contributed by atoms with Gasteiger partial charge in [0.15, 0.2) is 0 Å². The van der Waals surface area contributed by atoms with E-state index < -0.39 is 0 Å². The maximum Gasteiger partial charge on any atom is 0.0946 e. The van der Waals surface area contributed by atoms with E-state index in [0.717, 1.165) is 12.1 Å². The van der Waals surface area contributed by atoms with Crippen molar-refractivity contribution >= 4 is 11.8 Å². The van der Waals surface area contributed by atoms with Gasteiger partial charge in [0.2, 0.25) is 0 Å². The summed E-state index contributed by atoms with van der Waals surface area (Å²) in [4.78, 5) is 5.23. The maximum atomic E-state index is 10.3. The van der Waals surface area contributed by atoms with Crippen LogP contribution in [0.3, 0.4) is 0 Å². The van der Waals surface area contributed by atoms with Crippen molar-refractivity contribution in [1.29, 1.82) is 0 Å². The van der Waals surface area contributed by atoms with Crippen LogP contribution in [0, 0.1) is 6.92 Å². The first-order valence-electron chi connectivity index (χ1n) is 5.65. The molecule has 2 heterocycles. The van der Waals surface area contributed by atoms with Gasteiger partial charge in [-0.05, 0) is 18.6 Å². The number of aromatic nitrogens is 2. The molecule has 4 heteroatoms. The van der Waals surface area contributed by atoms with Gasteiger partial charge in [0.25, 0.3) is 0 Å². The van der Waals surface area contributed by atoms with Crippen LogP contribution in [0.1, 0.15) is 17.2 Å². The van der Waals surface area contributed by atoms with E-state index in [2.05, 4.69) is 30.1 Å². The Hall–Kier alpha value is -1.26. The van der Waals surface area contributed by atoms with Gasteiger partial charge >= 0.3 is 0 Å². The second kappa shape index (κ2) is 4.20. The molecule has 2 unspecified atom stereocenters. The number of aryl methyl sites for hydroxylation is 1. The fraction of sp³-hybridized carbons (Fsp3) is 0.308. The average molecular weight is 246 g/mol. The van der Waals surface area contributed by atoms with E-state index in [1.165, 1.54) is 10.5 Å². The van der Waals surface area contributed by atoms with E-state index in [9.17, 15) is 5.11 Å². The minimum absolute atomic E-state index is 0.181. The monoisotopic (exact) mass is 246 g/mol. The Bertz CT molecular complexity index is 524. The number of thioether (sulfide) groups is 1. The lowest BCUT2D eigenvalue weighted by molar-refractivity contribution is 0.170. The molecule has 0 fully saturated rings.